The van der Waals surface area contributed by atoms with Crippen molar-refractivity contribution in [1.29, 1.82) is 0 Å². The topological polar surface area (TPSA) is 35.5 Å². The van der Waals surface area contributed by atoms with E-state index < -0.39 is 0 Å². The lowest BCUT2D eigenvalue weighted by atomic mass is 9.87. The Morgan fingerprint density at radius 2 is 1.79 bits per heavy atom. The van der Waals surface area contributed by atoms with E-state index in [0.29, 0.717) is 0 Å². The van der Waals surface area contributed by atoms with Crippen LogP contribution in [0.5, 0.6) is 5.75 Å². The monoisotopic (exact) mass is 193 g/mol. The zero-order valence-corrected chi connectivity index (χ0v) is 8.61. The van der Waals surface area contributed by atoms with E-state index in [2.05, 4.69) is 4.74 Å². The van der Waals surface area contributed by atoms with Crippen LogP contribution in [-0.2, 0) is 9.53 Å². The normalized spacial score (nSPS) is 11.9. The Morgan fingerprint density at radius 1 is 1.21 bits per heavy atom. The fourth-order valence-electron chi connectivity index (χ4n) is 1.21. The van der Waals surface area contributed by atoms with Crippen LogP contribution in [0.2, 0.25) is 0 Å². The first-order valence-electron chi connectivity index (χ1n) is 4.40. The molecule has 0 aliphatic rings. The molecule has 0 radical (unpaired) electrons. The number of benzene rings is 1. The van der Waals surface area contributed by atoms with Crippen molar-refractivity contribution in [3.8, 4) is 5.75 Å². The number of carbonyl (C=O) groups is 1. The first-order chi connectivity index (χ1) is 6.69. The third-order valence-electron chi connectivity index (χ3n) is 2.17. The van der Waals surface area contributed by atoms with Gasteiger partial charge in [0.25, 0.3) is 0 Å². The second kappa shape index (κ2) is 4.65. The molecular formula is C11H14O3. The van der Waals surface area contributed by atoms with E-state index in [9.17, 15) is 4.79 Å². The number of hydrogen-bond donors (Lipinski definition) is 0. The van der Waals surface area contributed by atoms with Gasteiger partial charge >= 0.3 is 5.97 Å². The molecule has 0 saturated heterocycles. The van der Waals surface area contributed by atoms with Gasteiger partial charge in [-0.3, -0.25) is 4.79 Å². The molecule has 0 saturated carbocycles. The lowest BCUT2D eigenvalue weighted by molar-refractivity contribution is -0.141. The number of hydrogen-bond acceptors (Lipinski definition) is 3. The van der Waals surface area contributed by atoms with Gasteiger partial charge in [-0.2, -0.15) is 0 Å². The zero-order chi connectivity index (χ0) is 10.6. The maximum Gasteiger partial charge on any atom is 0.312 e. The number of methoxy groups -OCH3 is 2. The van der Waals surface area contributed by atoms with Crippen molar-refractivity contribution >= 4 is 5.97 Å². The van der Waals surface area contributed by atoms with Gasteiger partial charge in [0.1, 0.15) is 5.75 Å². The quantitative estimate of drug-likeness (QED) is 0.688. The number of esters is 1. The van der Waals surface area contributed by atoms with Gasteiger partial charge in [-0.25, -0.2) is 0 Å². The van der Waals surface area contributed by atoms with Crippen LogP contribution in [0.1, 0.15) is 18.4 Å². The van der Waals surface area contributed by atoms with Crippen LogP contribution in [0.25, 0.3) is 0 Å². The Kier molecular flexibility index (Phi) is 3.51. The van der Waals surface area contributed by atoms with Crippen molar-refractivity contribution in [2.24, 2.45) is 0 Å². The van der Waals surface area contributed by atoms with Crippen LogP contribution < -0.4 is 4.74 Å². The Labute approximate surface area is 83.6 Å². The molecule has 3 nitrogen and oxygen atoms in total. The molecule has 1 unspecified atom stereocenters. The van der Waals surface area contributed by atoms with Gasteiger partial charge in [0.2, 0.25) is 0 Å². The molecule has 14 heavy (non-hydrogen) atoms. The predicted octanol–water partition coefficient (Wildman–Crippen LogP) is 1.97. The van der Waals surface area contributed by atoms with E-state index in [-0.39, 0.29) is 11.9 Å². The van der Waals surface area contributed by atoms with Gasteiger partial charge in [0.05, 0.1) is 20.1 Å². The van der Waals surface area contributed by atoms with Crippen LogP contribution in [0.4, 0.5) is 0 Å². The second-order valence-electron chi connectivity index (χ2n) is 3.02. The van der Waals surface area contributed by atoms with Crippen molar-refractivity contribution in [2.75, 3.05) is 14.2 Å². The van der Waals surface area contributed by atoms with Gasteiger partial charge in [-0.15, -0.1) is 0 Å². The maximum absolute atomic E-state index is 11.2. The highest BCUT2D eigenvalue weighted by Gasteiger charge is 2.14. The summed E-state index contributed by atoms with van der Waals surface area (Å²) >= 11 is 0. The largest absolute Gasteiger partial charge is 0.497 e. The highest BCUT2D eigenvalue weighted by Crippen LogP contribution is 2.19. The summed E-state index contributed by atoms with van der Waals surface area (Å²) in [6, 6.07) is 7.38. The van der Waals surface area contributed by atoms with Crippen molar-refractivity contribution in [3.05, 3.63) is 29.8 Å². The highest BCUT2D eigenvalue weighted by molar-refractivity contribution is 5.77. The third kappa shape index (κ3) is 2.25. The minimum atomic E-state index is -0.231. The highest BCUT2D eigenvalue weighted by atomic mass is 16.5. The molecule has 1 atom stereocenters. The standard InChI is InChI=1S/C11H14O3/c1-8(11(12)14-3)9-4-6-10(13-2)7-5-9/h4-8H,1-3H3/i1-1. The number of carbonyl (C=O) groups excluding carboxylic acids is 1. The van der Waals surface area contributed by atoms with Crippen LogP contribution in [0.3, 0.4) is 0 Å². The van der Waals surface area contributed by atoms with Crippen LogP contribution >= 0.6 is 0 Å². The molecule has 0 N–H and O–H groups in total. The van der Waals surface area contributed by atoms with Crippen molar-refractivity contribution in [1.82, 2.24) is 0 Å². The zero-order valence-electron chi connectivity index (χ0n) is 8.61. The van der Waals surface area contributed by atoms with E-state index in [1.54, 1.807) is 7.11 Å². The third-order valence-corrected chi connectivity index (χ3v) is 2.17. The lowest BCUT2D eigenvalue weighted by Crippen LogP contribution is -2.10. The smallest absolute Gasteiger partial charge is 0.312 e. The Morgan fingerprint density at radius 3 is 2.21 bits per heavy atom. The van der Waals surface area contributed by atoms with E-state index >= 15 is 0 Å². The molecule has 1 aromatic carbocycles. The van der Waals surface area contributed by atoms with E-state index in [4.69, 9.17) is 4.74 Å². The predicted molar refractivity (Wildman–Crippen MR) is 53.4 cm³/mol. The number of rotatable bonds is 3. The molecule has 0 aliphatic heterocycles. The molecule has 0 heterocycles. The summed E-state index contributed by atoms with van der Waals surface area (Å²) < 4.78 is 9.67. The molecule has 76 valence electrons. The van der Waals surface area contributed by atoms with Crippen LogP contribution in [0.15, 0.2) is 24.3 Å². The Bertz CT molecular complexity index is 303. The first-order valence-corrected chi connectivity index (χ1v) is 4.40. The van der Waals surface area contributed by atoms with Crippen molar-refractivity contribution < 1.29 is 14.3 Å². The molecule has 0 aromatic heterocycles. The minimum Gasteiger partial charge on any atom is -0.497 e. The summed E-state index contributed by atoms with van der Waals surface area (Å²) in [5, 5.41) is 0. The average Bonchev–Trinajstić information content (AvgIpc) is 2.27. The minimum absolute atomic E-state index is 0.227. The maximum atomic E-state index is 11.2. The summed E-state index contributed by atoms with van der Waals surface area (Å²) in [5.74, 6) is 0.326. The molecule has 0 spiro atoms. The average molecular weight is 193 g/mol. The van der Waals surface area contributed by atoms with Gasteiger partial charge in [-0.05, 0) is 24.6 Å². The van der Waals surface area contributed by atoms with Gasteiger partial charge in [0.15, 0.2) is 0 Å². The van der Waals surface area contributed by atoms with Crippen LogP contribution in [0, 0.1) is 0 Å². The molecule has 1 rings (SSSR count). The molecule has 0 fully saturated rings. The molecule has 0 amide bonds. The van der Waals surface area contributed by atoms with Gasteiger partial charge in [-0.1, -0.05) is 12.1 Å². The molecule has 0 aliphatic carbocycles. The Balaban J connectivity index is 2.81. The fourth-order valence-corrected chi connectivity index (χ4v) is 1.21. The van der Waals surface area contributed by atoms with E-state index in [1.807, 2.05) is 31.2 Å². The summed E-state index contributed by atoms with van der Waals surface area (Å²) in [4.78, 5) is 11.2. The Hall–Kier alpha value is -1.51. The summed E-state index contributed by atoms with van der Waals surface area (Å²) in [5.41, 5.74) is 0.928. The van der Waals surface area contributed by atoms with E-state index in [0.717, 1.165) is 11.3 Å². The number of ether oxygens (including phenoxy) is 2. The van der Waals surface area contributed by atoms with Crippen LogP contribution in [-0.4, -0.2) is 20.2 Å². The van der Waals surface area contributed by atoms with Gasteiger partial charge < -0.3 is 9.47 Å². The molecular weight excluding hydrogens is 179 g/mol. The molecule has 0 bridgehead atoms. The summed E-state index contributed by atoms with van der Waals surface area (Å²) in [7, 11) is 3.00. The van der Waals surface area contributed by atoms with Gasteiger partial charge in [0, 0.05) is 0 Å². The summed E-state index contributed by atoms with van der Waals surface area (Å²) in [6.07, 6.45) is 0. The fraction of sp³-hybridized carbons (Fsp3) is 0.364. The molecule has 3 heteroatoms. The SMILES string of the molecule is COC(=O)C([11CH3])c1ccc(OC)cc1. The first kappa shape index (κ1) is 10.6. The van der Waals surface area contributed by atoms with E-state index in [1.165, 1.54) is 7.11 Å². The van der Waals surface area contributed by atoms with Crippen molar-refractivity contribution in [2.45, 2.75) is 12.8 Å². The second-order valence-corrected chi connectivity index (χ2v) is 3.02. The van der Waals surface area contributed by atoms with Crippen molar-refractivity contribution in [3.63, 3.8) is 0 Å². The lowest BCUT2D eigenvalue weighted by Gasteiger charge is -2.09. The summed E-state index contributed by atoms with van der Waals surface area (Å²) in [6.45, 7) is 1.81. The molecule has 1 aromatic rings.